The average molecular weight is 354 g/mol. The lowest BCUT2D eigenvalue weighted by molar-refractivity contribution is 0.0690. The first-order valence-corrected chi connectivity index (χ1v) is 8.65. The number of carbonyl (C=O) groups is 2. The maximum absolute atomic E-state index is 12.5. The summed E-state index contributed by atoms with van der Waals surface area (Å²) in [6.45, 7) is 7.03. The number of aromatic nitrogens is 1. The Morgan fingerprint density at radius 3 is 2.46 bits per heavy atom. The van der Waals surface area contributed by atoms with Gasteiger partial charge >= 0.3 is 5.97 Å². The van der Waals surface area contributed by atoms with Gasteiger partial charge in [-0.3, -0.25) is 4.79 Å². The molecule has 1 aliphatic rings. The number of rotatable bonds is 5. The Morgan fingerprint density at radius 2 is 1.85 bits per heavy atom. The Labute approximate surface area is 152 Å². The zero-order valence-corrected chi connectivity index (χ0v) is 14.7. The van der Waals surface area contributed by atoms with Crippen LogP contribution in [0.25, 0.3) is 0 Å². The predicted octanol–water partition coefficient (Wildman–Crippen LogP) is 2.17. The van der Waals surface area contributed by atoms with Gasteiger partial charge in [-0.05, 0) is 30.8 Å². The predicted molar refractivity (Wildman–Crippen MR) is 99.9 cm³/mol. The largest absolute Gasteiger partial charge is 0.477 e. The number of likely N-dealkylation sites (N-methyl/N-ethyl adjacent to an activating group) is 1. The molecular formula is C19H22N4O3. The van der Waals surface area contributed by atoms with Crippen molar-refractivity contribution < 1.29 is 14.7 Å². The van der Waals surface area contributed by atoms with Crippen LogP contribution in [-0.2, 0) is 0 Å². The summed E-state index contributed by atoms with van der Waals surface area (Å²) in [6, 6.07) is 10.5. The topological polar surface area (TPSA) is 85.8 Å². The molecule has 0 saturated carbocycles. The Balaban J connectivity index is 1.74. The molecule has 1 amide bonds. The van der Waals surface area contributed by atoms with Crippen molar-refractivity contribution in [1.82, 2.24) is 9.88 Å². The van der Waals surface area contributed by atoms with E-state index in [1.54, 1.807) is 0 Å². The summed E-state index contributed by atoms with van der Waals surface area (Å²) < 4.78 is 0. The maximum Gasteiger partial charge on any atom is 0.354 e. The van der Waals surface area contributed by atoms with E-state index in [0.29, 0.717) is 5.56 Å². The van der Waals surface area contributed by atoms with E-state index in [0.717, 1.165) is 44.1 Å². The normalized spacial score (nSPS) is 14.9. The first kappa shape index (κ1) is 17.9. The molecule has 2 heterocycles. The highest BCUT2D eigenvalue weighted by Crippen LogP contribution is 2.27. The number of nitrogens with one attached hydrogen (secondary N) is 1. The highest BCUT2D eigenvalue weighted by atomic mass is 16.4. The van der Waals surface area contributed by atoms with Gasteiger partial charge in [0.15, 0.2) is 0 Å². The van der Waals surface area contributed by atoms with Gasteiger partial charge in [0, 0.05) is 32.4 Å². The molecule has 1 aromatic carbocycles. The summed E-state index contributed by atoms with van der Waals surface area (Å²) in [5.74, 6) is -1.43. The minimum absolute atomic E-state index is 0.0873. The number of para-hydroxylation sites is 2. The van der Waals surface area contributed by atoms with Crippen LogP contribution in [0, 0.1) is 0 Å². The average Bonchev–Trinajstić information content (AvgIpc) is 2.68. The molecule has 0 atom stereocenters. The zero-order valence-electron chi connectivity index (χ0n) is 14.7. The van der Waals surface area contributed by atoms with Gasteiger partial charge in [0.25, 0.3) is 5.91 Å². The van der Waals surface area contributed by atoms with Crippen LogP contribution >= 0.6 is 0 Å². The van der Waals surface area contributed by atoms with Crippen LogP contribution in [0.2, 0.25) is 0 Å². The number of carboxylic acids is 1. The van der Waals surface area contributed by atoms with Crippen molar-refractivity contribution in [3.8, 4) is 0 Å². The van der Waals surface area contributed by atoms with Crippen LogP contribution in [0.1, 0.15) is 27.8 Å². The third kappa shape index (κ3) is 4.00. The van der Waals surface area contributed by atoms with E-state index < -0.39 is 5.97 Å². The first-order valence-electron chi connectivity index (χ1n) is 8.65. The van der Waals surface area contributed by atoms with E-state index in [2.05, 4.69) is 27.0 Å². The fourth-order valence-corrected chi connectivity index (χ4v) is 3.01. The molecule has 136 valence electrons. The van der Waals surface area contributed by atoms with E-state index >= 15 is 0 Å². The molecule has 3 rings (SSSR count). The lowest BCUT2D eigenvalue weighted by atomic mass is 10.2. The molecular weight excluding hydrogens is 332 g/mol. The Bertz CT molecular complexity index is 784. The number of amides is 1. The number of carboxylic acid groups (broad SMARTS) is 1. The molecule has 0 spiro atoms. The summed E-state index contributed by atoms with van der Waals surface area (Å²) in [5, 5.41) is 11.8. The molecule has 7 heteroatoms. The van der Waals surface area contributed by atoms with E-state index in [4.69, 9.17) is 5.11 Å². The monoisotopic (exact) mass is 354 g/mol. The van der Waals surface area contributed by atoms with Crippen molar-refractivity contribution in [2.24, 2.45) is 0 Å². The van der Waals surface area contributed by atoms with Crippen LogP contribution in [0.15, 0.2) is 42.6 Å². The standard InChI is InChI=1S/C19H22N4O3/c1-2-22-9-11-23(12-10-22)17-6-4-3-5-15(17)21-18(24)14-7-8-16(19(25)26)20-13-14/h3-8,13H,2,9-12H2,1H3,(H,21,24)(H,25,26). The lowest BCUT2D eigenvalue weighted by Gasteiger charge is -2.36. The molecule has 1 aromatic heterocycles. The number of benzene rings is 1. The van der Waals surface area contributed by atoms with Crippen molar-refractivity contribution >= 4 is 23.3 Å². The summed E-state index contributed by atoms with van der Waals surface area (Å²) in [4.78, 5) is 31.8. The number of hydrogen-bond acceptors (Lipinski definition) is 5. The highest BCUT2D eigenvalue weighted by Gasteiger charge is 2.19. The molecule has 0 unspecified atom stereocenters. The van der Waals surface area contributed by atoms with E-state index in [9.17, 15) is 9.59 Å². The van der Waals surface area contributed by atoms with Crippen LogP contribution in [0.5, 0.6) is 0 Å². The molecule has 0 aliphatic carbocycles. The smallest absolute Gasteiger partial charge is 0.354 e. The minimum atomic E-state index is -1.12. The fourth-order valence-electron chi connectivity index (χ4n) is 3.01. The minimum Gasteiger partial charge on any atom is -0.477 e. The van der Waals surface area contributed by atoms with E-state index in [-0.39, 0.29) is 11.6 Å². The summed E-state index contributed by atoms with van der Waals surface area (Å²) in [5.41, 5.74) is 1.97. The molecule has 26 heavy (non-hydrogen) atoms. The van der Waals surface area contributed by atoms with E-state index in [1.807, 2.05) is 24.3 Å². The third-order valence-electron chi connectivity index (χ3n) is 4.56. The number of anilines is 2. The molecule has 1 aliphatic heterocycles. The Hall–Kier alpha value is -2.93. The number of carbonyl (C=O) groups excluding carboxylic acids is 1. The second-order valence-electron chi connectivity index (χ2n) is 6.13. The zero-order chi connectivity index (χ0) is 18.5. The van der Waals surface area contributed by atoms with Crippen molar-refractivity contribution in [2.45, 2.75) is 6.92 Å². The number of aromatic carboxylic acids is 1. The second kappa shape index (κ2) is 7.97. The summed E-state index contributed by atoms with van der Waals surface area (Å²) >= 11 is 0. The van der Waals surface area contributed by atoms with E-state index in [1.165, 1.54) is 18.3 Å². The van der Waals surface area contributed by atoms with Crippen molar-refractivity contribution in [3.05, 3.63) is 53.9 Å². The third-order valence-corrected chi connectivity index (χ3v) is 4.56. The van der Waals surface area contributed by atoms with Gasteiger partial charge in [-0.2, -0.15) is 0 Å². The number of pyridine rings is 1. The van der Waals surface area contributed by atoms with Crippen LogP contribution in [0.3, 0.4) is 0 Å². The number of hydrogen-bond donors (Lipinski definition) is 2. The van der Waals surface area contributed by atoms with Gasteiger partial charge < -0.3 is 20.2 Å². The molecule has 0 radical (unpaired) electrons. The van der Waals surface area contributed by atoms with Gasteiger partial charge in [-0.25, -0.2) is 9.78 Å². The molecule has 0 bridgehead atoms. The van der Waals surface area contributed by atoms with Gasteiger partial charge in [0.05, 0.1) is 16.9 Å². The van der Waals surface area contributed by atoms with Gasteiger partial charge in [-0.15, -0.1) is 0 Å². The molecule has 1 saturated heterocycles. The van der Waals surface area contributed by atoms with Crippen LogP contribution in [0.4, 0.5) is 11.4 Å². The fraction of sp³-hybridized carbons (Fsp3) is 0.316. The second-order valence-corrected chi connectivity index (χ2v) is 6.13. The van der Waals surface area contributed by atoms with Gasteiger partial charge in [-0.1, -0.05) is 19.1 Å². The summed E-state index contributed by atoms with van der Waals surface area (Å²) in [6.07, 6.45) is 1.28. The summed E-state index contributed by atoms with van der Waals surface area (Å²) in [7, 11) is 0. The lowest BCUT2D eigenvalue weighted by Crippen LogP contribution is -2.46. The van der Waals surface area contributed by atoms with Crippen LogP contribution < -0.4 is 10.2 Å². The maximum atomic E-state index is 12.5. The molecule has 7 nitrogen and oxygen atoms in total. The first-order chi connectivity index (χ1) is 12.6. The number of piperazine rings is 1. The molecule has 1 fully saturated rings. The van der Waals surface area contributed by atoms with Crippen molar-refractivity contribution in [1.29, 1.82) is 0 Å². The Kier molecular flexibility index (Phi) is 5.48. The van der Waals surface area contributed by atoms with Crippen molar-refractivity contribution in [2.75, 3.05) is 42.9 Å². The van der Waals surface area contributed by atoms with Gasteiger partial charge in [0.2, 0.25) is 0 Å². The Morgan fingerprint density at radius 1 is 1.12 bits per heavy atom. The number of nitrogens with zero attached hydrogens (tertiary/aromatic N) is 3. The van der Waals surface area contributed by atoms with Crippen molar-refractivity contribution in [3.63, 3.8) is 0 Å². The molecule has 2 aromatic rings. The van der Waals surface area contributed by atoms with Gasteiger partial charge in [0.1, 0.15) is 5.69 Å². The quantitative estimate of drug-likeness (QED) is 0.856. The SMILES string of the molecule is CCN1CCN(c2ccccc2NC(=O)c2ccc(C(=O)O)nc2)CC1. The van der Waals surface area contributed by atoms with Crippen LogP contribution in [-0.4, -0.2) is 59.6 Å². The highest BCUT2D eigenvalue weighted by molar-refractivity contribution is 6.06. The molecule has 2 N–H and O–H groups in total.